The summed E-state index contributed by atoms with van der Waals surface area (Å²) in [5.74, 6) is -3.39. The van der Waals surface area contributed by atoms with Gasteiger partial charge in [-0.15, -0.1) is 0 Å². The number of H-pyrrole nitrogens is 1. The third-order valence-electron chi connectivity index (χ3n) is 5.69. The maximum atomic E-state index is 13.6. The number of nitrogens with one attached hydrogen (secondary N) is 3. The molecule has 0 saturated carbocycles. The molecule has 3 N–H and O–H groups in total. The number of ether oxygens (including phenoxy) is 1. The van der Waals surface area contributed by atoms with Crippen LogP contribution in [0.1, 0.15) is 10.4 Å². The highest BCUT2D eigenvalue weighted by Crippen LogP contribution is 2.28. The molecule has 0 aliphatic carbocycles. The summed E-state index contributed by atoms with van der Waals surface area (Å²) in [7, 11) is 1.66. The van der Waals surface area contributed by atoms with Crippen molar-refractivity contribution >= 4 is 33.9 Å². The molecule has 0 bridgehead atoms. The lowest BCUT2D eigenvalue weighted by Gasteiger charge is -2.41. The molecular formula is C21H17F4N7O3. The molecule has 10 nitrogen and oxygen atoms in total. The van der Waals surface area contributed by atoms with Crippen LogP contribution in [0, 0.1) is 5.82 Å². The molecule has 0 unspecified atom stereocenters. The van der Waals surface area contributed by atoms with Gasteiger partial charge in [0.15, 0.2) is 11.2 Å². The van der Waals surface area contributed by atoms with Crippen molar-refractivity contribution in [3.63, 3.8) is 0 Å². The van der Waals surface area contributed by atoms with E-state index in [1.807, 2.05) is 0 Å². The van der Waals surface area contributed by atoms with Crippen molar-refractivity contribution in [2.75, 3.05) is 19.6 Å². The van der Waals surface area contributed by atoms with Crippen molar-refractivity contribution in [1.29, 1.82) is 0 Å². The molecule has 14 heteroatoms. The zero-order chi connectivity index (χ0) is 25.0. The second-order valence-corrected chi connectivity index (χ2v) is 8.15. The molecule has 0 spiro atoms. The molecule has 35 heavy (non-hydrogen) atoms. The Labute approximate surface area is 193 Å². The highest BCUT2D eigenvalue weighted by molar-refractivity contribution is 6.05. The highest BCUT2D eigenvalue weighted by atomic mass is 19.4. The van der Waals surface area contributed by atoms with E-state index in [4.69, 9.17) is 0 Å². The second kappa shape index (κ2) is 8.01. The van der Waals surface area contributed by atoms with Gasteiger partial charge >= 0.3 is 12.1 Å². The van der Waals surface area contributed by atoms with Gasteiger partial charge in [-0.05, 0) is 18.2 Å². The summed E-state index contributed by atoms with van der Waals surface area (Å²) >= 11 is 0. The Morgan fingerprint density at radius 3 is 2.74 bits per heavy atom. The minimum absolute atomic E-state index is 0.0414. The molecule has 1 amide bonds. The molecule has 182 valence electrons. The van der Waals surface area contributed by atoms with E-state index in [-0.39, 0.29) is 30.7 Å². The molecule has 1 saturated heterocycles. The average molecular weight is 491 g/mol. The standard InChI is InChI=1S/C21H17F4N7O3/c1-32-14-4-10(22)2-3-11(14)15(31-32)13-6-28-17-16(30-13)12(5-27-17)18(33)29-9-20(7-26-8-20)35-19(34)21(23,24)25/h2-6,26H,7-9H2,1H3,(H,27,28)(H,29,33). The van der Waals surface area contributed by atoms with Crippen LogP contribution in [0.15, 0.2) is 30.6 Å². The van der Waals surface area contributed by atoms with Crippen molar-refractivity contribution in [2.45, 2.75) is 11.8 Å². The van der Waals surface area contributed by atoms with Crippen molar-refractivity contribution in [3.8, 4) is 11.4 Å². The number of aryl methyl sites for hydroxylation is 1. The SMILES string of the molecule is Cn1nc(-c2cnc3[nH]cc(C(=O)NCC4(OC(=O)C(F)(F)F)CNC4)c3n2)c2ccc(F)cc21. The fourth-order valence-corrected chi connectivity index (χ4v) is 3.83. The van der Waals surface area contributed by atoms with E-state index in [9.17, 15) is 27.2 Å². The van der Waals surface area contributed by atoms with E-state index in [1.165, 1.54) is 29.2 Å². The van der Waals surface area contributed by atoms with Gasteiger partial charge in [-0.25, -0.2) is 19.2 Å². The number of halogens is 4. The predicted molar refractivity (Wildman–Crippen MR) is 114 cm³/mol. The summed E-state index contributed by atoms with van der Waals surface area (Å²) in [5.41, 5.74) is 0.396. The Kier molecular flexibility index (Phi) is 5.20. The summed E-state index contributed by atoms with van der Waals surface area (Å²) in [6, 6.07) is 4.20. The number of nitrogens with zero attached hydrogens (tertiary/aromatic N) is 4. The molecule has 4 heterocycles. The Hall–Kier alpha value is -4.07. The van der Waals surface area contributed by atoms with Crippen LogP contribution in [0.25, 0.3) is 33.5 Å². The lowest BCUT2D eigenvalue weighted by atomic mass is 9.96. The number of hydrogen-bond donors (Lipinski definition) is 3. The molecule has 1 aliphatic heterocycles. The number of alkyl halides is 3. The van der Waals surface area contributed by atoms with Gasteiger partial charge in [0.05, 0.1) is 23.8 Å². The van der Waals surface area contributed by atoms with Crippen LogP contribution in [0.5, 0.6) is 0 Å². The Bertz CT molecular complexity index is 1470. The van der Waals surface area contributed by atoms with E-state index in [1.54, 1.807) is 13.1 Å². The third kappa shape index (κ3) is 4.05. The summed E-state index contributed by atoms with van der Waals surface area (Å²) in [6.07, 6.45) is -2.32. The van der Waals surface area contributed by atoms with Gasteiger partial charge in [-0.1, -0.05) is 0 Å². The number of rotatable bonds is 5. The monoisotopic (exact) mass is 491 g/mol. The molecule has 1 aliphatic rings. The van der Waals surface area contributed by atoms with Gasteiger partial charge < -0.3 is 20.4 Å². The zero-order valence-electron chi connectivity index (χ0n) is 18.0. The van der Waals surface area contributed by atoms with Crippen LogP contribution in [0.2, 0.25) is 0 Å². The minimum Gasteiger partial charge on any atom is -0.448 e. The van der Waals surface area contributed by atoms with Crippen LogP contribution >= 0.6 is 0 Å². The van der Waals surface area contributed by atoms with Gasteiger partial charge in [-0.2, -0.15) is 18.3 Å². The lowest BCUT2D eigenvalue weighted by molar-refractivity contribution is -0.217. The normalized spacial score (nSPS) is 15.2. The fraction of sp³-hybridized carbons (Fsp3) is 0.286. The van der Waals surface area contributed by atoms with Crippen molar-refractivity contribution in [2.24, 2.45) is 7.05 Å². The van der Waals surface area contributed by atoms with Crippen LogP contribution in [-0.4, -0.2) is 68.0 Å². The largest absolute Gasteiger partial charge is 0.490 e. The topological polar surface area (TPSA) is 127 Å². The number of benzene rings is 1. The number of esters is 1. The summed E-state index contributed by atoms with van der Waals surface area (Å²) in [5, 5.41) is 10.3. The lowest BCUT2D eigenvalue weighted by Crippen LogP contribution is -2.67. The van der Waals surface area contributed by atoms with E-state index in [0.29, 0.717) is 27.9 Å². The van der Waals surface area contributed by atoms with Crippen molar-refractivity contribution in [1.82, 2.24) is 35.4 Å². The van der Waals surface area contributed by atoms with Gasteiger partial charge in [0.2, 0.25) is 0 Å². The quantitative estimate of drug-likeness (QED) is 0.287. The number of aromatic amines is 1. The summed E-state index contributed by atoms with van der Waals surface area (Å²) in [6.45, 7) is -0.419. The fourth-order valence-electron chi connectivity index (χ4n) is 3.83. The van der Waals surface area contributed by atoms with Gasteiger partial charge in [0, 0.05) is 31.7 Å². The summed E-state index contributed by atoms with van der Waals surface area (Å²) < 4.78 is 57.6. The number of carbonyl (C=O) groups is 2. The summed E-state index contributed by atoms with van der Waals surface area (Å²) in [4.78, 5) is 35.7. The number of hydrogen-bond acceptors (Lipinski definition) is 7. The molecule has 5 rings (SSSR count). The van der Waals surface area contributed by atoms with Crippen LogP contribution < -0.4 is 10.6 Å². The van der Waals surface area contributed by atoms with Crippen LogP contribution in [-0.2, 0) is 16.6 Å². The first-order chi connectivity index (χ1) is 16.6. The van der Waals surface area contributed by atoms with E-state index >= 15 is 0 Å². The predicted octanol–water partition coefficient (Wildman–Crippen LogP) is 1.83. The van der Waals surface area contributed by atoms with Crippen LogP contribution in [0.3, 0.4) is 0 Å². The van der Waals surface area contributed by atoms with E-state index in [0.717, 1.165) is 0 Å². The number of aromatic nitrogens is 5. The highest BCUT2D eigenvalue weighted by Gasteiger charge is 2.49. The smallest absolute Gasteiger partial charge is 0.448 e. The van der Waals surface area contributed by atoms with Crippen molar-refractivity contribution < 1.29 is 31.9 Å². The molecule has 3 aromatic heterocycles. The number of amides is 1. The third-order valence-corrected chi connectivity index (χ3v) is 5.69. The Balaban J connectivity index is 1.41. The van der Waals surface area contributed by atoms with E-state index in [2.05, 4.69) is 35.4 Å². The first kappa shape index (κ1) is 22.7. The molecular weight excluding hydrogens is 474 g/mol. The minimum atomic E-state index is -5.14. The number of fused-ring (bicyclic) bond motifs is 2. The zero-order valence-corrected chi connectivity index (χ0v) is 18.0. The maximum Gasteiger partial charge on any atom is 0.490 e. The second-order valence-electron chi connectivity index (χ2n) is 8.15. The maximum absolute atomic E-state index is 13.6. The Morgan fingerprint density at radius 2 is 2.06 bits per heavy atom. The van der Waals surface area contributed by atoms with Gasteiger partial charge in [0.1, 0.15) is 22.7 Å². The number of carbonyl (C=O) groups excluding carboxylic acids is 2. The molecule has 4 aromatic rings. The van der Waals surface area contributed by atoms with E-state index < -0.39 is 29.5 Å². The first-order valence-electron chi connectivity index (χ1n) is 10.3. The van der Waals surface area contributed by atoms with Gasteiger partial charge in [-0.3, -0.25) is 9.48 Å². The van der Waals surface area contributed by atoms with Crippen LogP contribution in [0.4, 0.5) is 17.6 Å². The average Bonchev–Trinajstić information content (AvgIpc) is 3.35. The van der Waals surface area contributed by atoms with Crippen molar-refractivity contribution in [3.05, 3.63) is 42.0 Å². The first-order valence-corrected chi connectivity index (χ1v) is 10.3. The molecule has 0 atom stereocenters. The Morgan fingerprint density at radius 1 is 1.29 bits per heavy atom. The van der Waals surface area contributed by atoms with Gasteiger partial charge in [0.25, 0.3) is 5.91 Å². The molecule has 0 radical (unpaired) electrons. The molecule has 1 fully saturated rings. The molecule has 1 aromatic carbocycles.